The highest BCUT2D eigenvalue weighted by molar-refractivity contribution is 7.99. The molecule has 0 radical (unpaired) electrons. The van der Waals surface area contributed by atoms with Crippen LogP contribution in [0.5, 0.6) is 0 Å². The van der Waals surface area contributed by atoms with Crippen LogP contribution in [0.15, 0.2) is 146 Å². The van der Waals surface area contributed by atoms with Crippen LogP contribution in [0.2, 0.25) is 0 Å². The molecule has 2 fully saturated rings. The molecule has 0 atom stereocenters. The second kappa shape index (κ2) is 55.8. The van der Waals surface area contributed by atoms with Gasteiger partial charge in [-0.05, 0) is 206 Å². The van der Waals surface area contributed by atoms with Crippen molar-refractivity contribution in [3.8, 4) is 0 Å². The molecule has 47 N–H and O–H groups in total. The number of benzene rings is 9. The number of likely N-dealkylation sites (N-methyl/N-ethyl adjacent to an activating group) is 2. The quantitative estimate of drug-likeness (QED) is 0.0320. The first-order valence-corrected chi connectivity index (χ1v) is 43.7. The molecule has 136 heavy (non-hydrogen) atoms. The van der Waals surface area contributed by atoms with E-state index >= 15 is 0 Å². The smallest absolute Gasteiger partial charge is 0.253 e. The standard InChI is InChI=1S/C13H22N4O.C12H17N3O.C12H19N3O.C11H17N3O2.C11H15N3OS.C10H15N3O.2C8H10N4O2.C7H8FN3O/c1-3-17(4-2)8-7-16-13(18)11-9-10(14)5-6-12(11)15;13-11-5-4-9(8-10(11)12(14)16)15-6-2-1-3-7-15;1-4-15(8(2)3)9-5-6-11(13)10(7-9)12(14)16;1-14(5-6-16-2)8-3-4-10(12)9(7-8)11(13)15;12-10-2-1-8(7-9(10)11(13)15)14-3-5-16-6-4-14;1-3-13(2)7-4-5-9(11)8(6-7)10(12)14;9-5-1-3(7(11)13)6(10)2-4(5)8(12)14;9-3-1-4(7(11)13)6(10)5(2-3)8(12)14;8-4-2-5(9)3(7(11)12)1-6(4)10/h5-6,9H,3-4,7-8,14-15H2,1-2H3,(H,16,18);4-5,8H,1-3,6-7,13H2,(H2,14,16);5-8H,4,13H2,1-3H3,(H2,14,16);3-4,7H,5-6,12H2,1-2H3,(H2,13,15);1-2,7H,3-6,12H2,(H2,13,15);4-6H,3,11H2,1-2H3,(H2,12,14);2*1-2H,9-10H2,(H2,11,13)(H2,12,14);1-2H,9-10H2,(H2,11,12). The number of nitrogens with one attached hydrogen (secondary N) is 1. The lowest BCUT2D eigenvalue weighted by Gasteiger charge is -2.29. The summed E-state index contributed by atoms with van der Waals surface area (Å²) in [6, 6.07) is 39.3. The number of nitrogens with two attached hydrogens (primary N) is 23. The highest BCUT2D eigenvalue weighted by Gasteiger charge is 2.22. The van der Waals surface area contributed by atoms with Gasteiger partial charge in [-0.2, -0.15) is 11.8 Å². The van der Waals surface area contributed by atoms with Crippen LogP contribution >= 0.6 is 11.8 Å². The highest BCUT2D eigenvalue weighted by Crippen LogP contribution is 2.30. The van der Waals surface area contributed by atoms with Crippen LogP contribution in [0.3, 0.4) is 0 Å². The fourth-order valence-corrected chi connectivity index (χ4v) is 13.8. The Kier molecular flexibility index (Phi) is 46.8. The van der Waals surface area contributed by atoms with Gasteiger partial charge in [0.15, 0.2) is 0 Å². The predicted molar refractivity (Wildman–Crippen MR) is 548 cm³/mol. The molecule has 0 aromatic heterocycles. The third-order valence-corrected chi connectivity index (χ3v) is 21.7. The molecular weight excluding hydrogens is 1770 g/mol. The topological polar surface area (TPSA) is 827 Å². The molecule has 2 aliphatic heterocycles. The van der Waals surface area contributed by atoms with Gasteiger partial charge in [-0.15, -0.1) is 0 Å². The number of ether oxygens (including phenoxy) is 1. The average Bonchev–Trinajstić information content (AvgIpc) is 0.814. The number of amides is 11. The molecule has 44 heteroatoms. The Morgan fingerprint density at radius 1 is 0.360 bits per heavy atom. The molecule has 11 rings (SSSR count). The molecule has 0 spiro atoms. The number of anilines is 18. The molecule has 2 heterocycles. The number of thioether (sulfide) groups is 1. The molecule has 9 aromatic carbocycles. The molecule has 11 amide bonds. The summed E-state index contributed by atoms with van der Waals surface area (Å²) in [5, 5.41) is 2.85. The van der Waals surface area contributed by atoms with Crippen LogP contribution in [-0.2, 0) is 4.74 Å². The Balaban J connectivity index is 0.000000395. The maximum Gasteiger partial charge on any atom is 0.253 e. The number of hydrogen-bond acceptors (Lipinski definition) is 32. The number of nitrogen functional groups attached to an aromatic ring is 13. The molecule has 2 aliphatic rings. The maximum absolute atomic E-state index is 12.7. The summed E-state index contributed by atoms with van der Waals surface area (Å²) in [6.45, 7) is 23.1. The zero-order chi connectivity index (χ0) is 103. The molecule has 42 nitrogen and oxygen atoms in total. The fourth-order valence-electron chi connectivity index (χ4n) is 12.9. The number of carbonyl (C=O) groups is 11. The number of nitrogens with zero attached hydrogens (tertiary/aromatic N) is 6. The number of carbonyl (C=O) groups excluding carboxylic acids is 11. The maximum atomic E-state index is 12.7. The van der Waals surface area contributed by atoms with Crippen LogP contribution in [0.4, 0.5) is 107 Å². The molecule has 2 saturated heterocycles. The number of primary amides is 10. The Bertz CT molecular complexity index is 5490. The number of halogens is 1. The van der Waals surface area contributed by atoms with Crippen molar-refractivity contribution < 1.29 is 61.9 Å². The van der Waals surface area contributed by atoms with E-state index in [4.69, 9.17) is 137 Å². The van der Waals surface area contributed by atoms with Crippen molar-refractivity contribution in [1.82, 2.24) is 10.2 Å². The Morgan fingerprint density at radius 2 is 0.691 bits per heavy atom. The van der Waals surface area contributed by atoms with E-state index in [2.05, 4.69) is 59.5 Å². The van der Waals surface area contributed by atoms with E-state index in [0.717, 1.165) is 118 Å². The average molecular weight is 1900 g/mol. The zero-order valence-electron chi connectivity index (χ0n) is 78.1. The van der Waals surface area contributed by atoms with Gasteiger partial charge in [-0.3, -0.25) is 52.7 Å². The van der Waals surface area contributed by atoms with Gasteiger partial charge in [0.25, 0.3) is 65.0 Å². The van der Waals surface area contributed by atoms with Crippen molar-refractivity contribution >= 4 is 179 Å². The second-order valence-corrected chi connectivity index (χ2v) is 31.8. The first-order chi connectivity index (χ1) is 63.9. The van der Waals surface area contributed by atoms with Gasteiger partial charge < -0.3 is 171 Å². The van der Waals surface area contributed by atoms with Gasteiger partial charge in [0.2, 0.25) is 0 Å². The van der Waals surface area contributed by atoms with Crippen molar-refractivity contribution in [2.75, 3.05) is 210 Å². The van der Waals surface area contributed by atoms with Crippen LogP contribution in [0.1, 0.15) is 175 Å². The molecule has 0 saturated carbocycles. The monoisotopic (exact) mass is 1900 g/mol. The molecule has 0 bridgehead atoms. The van der Waals surface area contributed by atoms with E-state index in [0.29, 0.717) is 92.4 Å². The second-order valence-electron chi connectivity index (χ2n) is 30.6. The predicted octanol–water partition coefficient (Wildman–Crippen LogP) is 4.26. The number of hydrogen-bond donors (Lipinski definition) is 24. The van der Waals surface area contributed by atoms with Gasteiger partial charge in [-0.1, -0.05) is 13.8 Å². The fraction of sp³-hybridized carbons (Fsp3) is 0.293. The van der Waals surface area contributed by atoms with Crippen LogP contribution < -0.4 is 162 Å². The van der Waals surface area contributed by atoms with Gasteiger partial charge in [0, 0.05) is 189 Å². The lowest BCUT2D eigenvalue weighted by molar-refractivity contribution is 0.0944. The summed E-state index contributed by atoms with van der Waals surface area (Å²) < 4.78 is 17.6. The largest absolute Gasteiger partial charge is 0.399 e. The van der Waals surface area contributed by atoms with Crippen molar-refractivity contribution in [2.45, 2.75) is 66.8 Å². The third kappa shape index (κ3) is 35.8. The molecule has 9 aromatic rings. The molecule has 0 unspecified atom stereocenters. The lowest BCUT2D eigenvalue weighted by atomic mass is 10.1. The SMILES string of the molecule is CCN(C)c1ccc(N)c(C(N)=O)c1.CCN(CC)CCNC(=O)c1cc(N)ccc1N.CCN(c1ccc(N)c(C(N)=O)c1)C(C)C.COCCN(C)c1ccc(N)c(C(N)=O)c1.NC(=O)c1cc(N)c(C(N)=O)cc1N.NC(=O)c1cc(N)c(F)cc1N.NC(=O)c1cc(N)cc(C(N)=O)c1N.NC(=O)c1cc(N2CCCCC2)ccc1N.NC(=O)c1cc(N2CCSCC2)ccc1N. The van der Waals surface area contributed by atoms with Crippen molar-refractivity contribution in [3.05, 3.63) is 213 Å². The summed E-state index contributed by atoms with van der Waals surface area (Å²) in [4.78, 5) is 135. The number of methoxy groups -OCH3 is 1. The molecule has 0 aliphatic carbocycles. The van der Waals surface area contributed by atoms with Gasteiger partial charge in [0.1, 0.15) is 5.82 Å². The van der Waals surface area contributed by atoms with E-state index < -0.39 is 64.9 Å². The van der Waals surface area contributed by atoms with Crippen LogP contribution in [0.25, 0.3) is 0 Å². The lowest BCUT2D eigenvalue weighted by Crippen LogP contribution is -2.35. The van der Waals surface area contributed by atoms with E-state index in [-0.39, 0.29) is 67.8 Å². The minimum atomic E-state index is -0.753. The molecule has 736 valence electrons. The minimum Gasteiger partial charge on any atom is -0.399 e. The Morgan fingerprint density at radius 3 is 1.07 bits per heavy atom. The first-order valence-electron chi connectivity index (χ1n) is 42.5. The van der Waals surface area contributed by atoms with E-state index in [1.54, 1.807) is 86.0 Å². The molecular formula is C92H133FN30O12S. The van der Waals surface area contributed by atoms with Gasteiger partial charge in [-0.25, -0.2) is 4.39 Å². The summed E-state index contributed by atoms with van der Waals surface area (Å²) >= 11 is 1.95. The van der Waals surface area contributed by atoms with E-state index in [1.807, 2.05) is 72.9 Å². The van der Waals surface area contributed by atoms with Crippen molar-refractivity contribution in [3.63, 3.8) is 0 Å². The summed E-state index contributed by atoms with van der Waals surface area (Å²) in [5.74, 6) is -4.64. The van der Waals surface area contributed by atoms with Crippen LogP contribution in [0, 0.1) is 5.82 Å². The van der Waals surface area contributed by atoms with Crippen molar-refractivity contribution in [1.29, 1.82) is 0 Å². The normalized spacial score (nSPS) is 11.5. The van der Waals surface area contributed by atoms with Gasteiger partial charge >= 0.3 is 0 Å². The zero-order valence-corrected chi connectivity index (χ0v) is 78.9. The minimum absolute atomic E-state index is 0.00111. The Labute approximate surface area is 794 Å². The number of piperidine rings is 1. The van der Waals surface area contributed by atoms with E-state index in [1.165, 1.54) is 43.5 Å². The first kappa shape index (κ1) is 114. The summed E-state index contributed by atoms with van der Waals surface area (Å²) in [6.07, 6.45) is 3.70. The summed E-state index contributed by atoms with van der Waals surface area (Å²) in [5.41, 5.74) is 134. The third-order valence-electron chi connectivity index (χ3n) is 20.7. The Hall–Kier alpha value is -16.3. The van der Waals surface area contributed by atoms with Crippen LogP contribution in [-0.4, -0.2) is 187 Å². The number of rotatable bonds is 27. The summed E-state index contributed by atoms with van der Waals surface area (Å²) in [7, 11) is 5.50. The van der Waals surface area contributed by atoms with Gasteiger partial charge in [0.05, 0.1) is 79.2 Å². The van der Waals surface area contributed by atoms with E-state index in [9.17, 15) is 57.1 Å². The highest BCUT2D eigenvalue weighted by atomic mass is 32.2. The van der Waals surface area contributed by atoms with Crippen molar-refractivity contribution in [2.24, 2.45) is 57.3 Å².